The topological polar surface area (TPSA) is 180 Å². The molecule has 0 aliphatic carbocycles. The largest absolute Gasteiger partial charge is 0.493 e. The highest BCUT2D eigenvalue weighted by Crippen LogP contribution is 2.42. The molecule has 5 rings (SSSR count). The van der Waals surface area contributed by atoms with Crippen LogP contribution in [0.3, 0.4) is 0 Å². The van der Waals surface area contributed by atoms with E-state index in [9.17, 15) is 14.4 Å². The van der Waals surface area contributed by atoms with Crippen molar-refractivity contribution in [1.29, 1.82) is 0 Å². The summed E-state index contributed by atoms with van der Waals surface area (Å²) in [5.41, 5.74) is -0.0369. The lowest BCUT2D eigenvalue weighted by atomic mass is 9.99. The number of fused-ring (bicyclic) bond motifs is 2. The lowest BCUT2D eigenvalue weighted by molar-refractivity contribution is -0.228. The maximum Gasteiger partial charge on any atom is 0.339 e. The molecule has 2 aliphatic rings. The number of esters is 3. The SMILES string of the molecule is COc1cc(C(=O)O[C@@H]2[C@@H](OC(=O)c3cc(OC)c(OC)c(OC)c3)[C@@H]3OC[C@@H](O3)[C@H]2OC(=O)c2cc(OC)c(OC)c(OC)c2)cc(OC)c1OC. The first kappa shape index (κ1) is 38.4. The predicted molar refractivity (Wildman–Crippen MR) is 181 cm³/mol. The summed E-state index contributed by atoms with van der Waals surface area (Å²) in [7, 11) is 12.6. The van der Waals surface area contributed by atoms with Crippen molar-refractivity contribution in [1.82, 2.24) is 0 Å². The fourth-order valence-corrected chi connectivity index (χ4v) is 5.91. The molecular weight excluding hydrogens is 704 g/mol. The van der Waals surface area contributed by atoms with Gasteiger partial charge in [0.1, 0.15) is 6.10 Å². The maximum absolute atomic E-state index is 13.9. The van der Waals surface area contributed by atoms with Crippen LogP contribution in [0.1, 0.15) is 31.1 Å². The van der Waals surface area contributed by atoms with Crippen molar-refractivity contribution in [3.8, 4) is 51.7 Å². The van der Waals surface area contributed by atoms with Gasteiger partial charge in [0.2, 0.25) is 17.2 Å². The van der Waals surface area contributed by atoms with Gasteiger partial charge in [-0.3, -0.25) is 0 Å². The molecule has 0 saturated carbocycles. The van der Waals surface area contributed by atoms with Gasteiger partial charge in [0.05, 0.1) is 87.3 Å². The molecule has 2 saturated heterocycles. The summed E-state index contributed by atoms with van der Waals surface area (Å²) in [5.74, 6) is -0.915. The zero-order chi connectivity index (χ0) is 38.4. The zero-order valence-corrected chi connectivity index (χ0v) is 30.5. The summed E-state index contributed by atoms with van der Waals surface area (Å²) in [5, 5.41) is 0. The fraction of sp³-hybridized carbons (Fsp3) is 0.417. The molecule has 17 heteroatoms. The van der Waals surface area contributed by atoms with E-state index in [1.807, 2.05) is 0 Å². The second kappa shape index (κ2) is 16.7. The van der Waals surface area contributed by atoms with Crippen LogP contribution in [-0.4, -0.2) is 119 Å². The number of hydrogen-bond donors (Lipinski definition) is 0. The second-order valence-electron chi connectivity index (χ2n) is 11.2. The number of carbonyl (C=O) groups excluding carboxylic acids is 3. The summed E-state index contributed by atoms with van der Waals surface area (Å²) < 4.78 is 78.3. The Bertz CT molecular complexity index is 1660. The van der Waals surface area contributed by atoms with Crippen molar-refractivity contribution in [2.45, 2.75) is 30.7 Å². The lowest BCUT2D eigenvalue weighted by Crippen LogP contribution is -2.58. The van der Waals surface area contributed by atoms with Gasteiger partial charge in [-0.2, -0.15) is 0 Å². The van der Waals surface area contributed by atoms with Crippen molar-refractivity contribution in [2.75, 3.05) is 70.6 Å². The van der Waals surface area contributed by atoms with E-state index < -0.39 is 48.6 Å². The molecule has 2 fully saturated rings. The highest BCUT2D eigenvalue weighted by atomic mass is 16.8. The number of rotatable bonds is 15. The Balaban J connectivity index is 1.55. The summed E-state index contributed by atoms with van der Waals surface area (Å²) in [6.45, 7) is -0.103. The first-order valence-electron chi connectivity index (χ1n) is 15.9. The highest BCUT2D eigenvalue weighted by molar-refractivity contribution is 5.93. The molecule has 3 aromatic rings. The minimum absolute atomic E-state index is 0.00112. The number of methoxy groups -OCH3 is 9. The van der Waals surface area contributed by atoms with Gasteiger partial charge in [0, 0.05) is 0 Å². The molecule has 17 nitrogen and oxygen atoms in total. The van der Waals surface area contributed by atoms with Gasteiger partial charge in [-0.05, 0) is 36.4 Å². The van der Waals surface area contributed by atoms with E-state index in [0.717, 1.165) is 0 Å². The molecule has 2 aliphatic heterocycles. The predicted octanol–water partition coefficient (Wildman–Crippen LogP) is 3.50. The third-order valence-electron chi connectivity index (χ3n) is 8.45. The van der Waals surface area contributed by atoms with Crippen LogP contribution in [0.4, 0.5) is 0 Å². The Morgan fingerprint density at radius 1 is 0.453 bits per heavy atom. The summed E-state index contributed by atoms with van der Waals surface area (Å²) in [6, 6.07) is 8.29. The van der Waals surface area contributed by atoms with Crippen molar-refractivity contribution in [3.63, 3.8) is 0 Å². The fourth-order valence-electron chi connectivity index (χ4n) is 5.91. The van der Waals surface area contributed by atoms with Gasteiger partial charge >= 0.3 is 17.9 Å². The standard InChI is InChI=1S/C36H40O17/c1-40-20-10-17(11-21(41-2)27(20)46-7)33(37)51-30-26-16-49-36(50-26)32(53-35(39)19-14-24(44-5)29(48-9)25(15-19)45-6)31(30)52-34(38)18-12-22(42-3)28(47-8)23(13-18)43-4/h10-15,26,30-32,36H,16H2,1-9H3/t26-,30-,31+,32-,36-/m1/s1. The molecule has 53 heavy (non-hydrogen) atoms. The molecular formula is C36H40O17. The normalized spacial score (nSPS) is 20.0. The molecule has 5 atom stereocenters. The molecule has 0 spiro atoms. The van der Waals surface area contributed by atoms with Crippen LogP contribution < -0.4 is 42.6 Å². The highest BCUT2D eigenvalue weighted by Gasteiger charge is 2.57. The van der Waals surface area contributed by atoms with Crippen molar-refractivity contribution >= 4 is 17.9 Å². The van der Waals surface area contributed by atoms with Crippen molar-refractivity contribution < 1.29 is 80.7 Å². The smallest absolute Gasteiger partial charge is 0.339 e. The average molecular weight is 745 g/mol. The van der Waals surface area contributed by atoms with Gasteiger partial charge in [-0.15, -0.1) is 0 Å². The van der Waals surface area contributed by atoms with E-state index in [1.54, 1.807) is 0 Å². The molecule has 2 bridgehead atoms. The van der Waals surface area contributed by atoms with Gasteiger partial charge in [-0.25, -0.2) is 14.4 Å². The van der Waals surface area contributed by atoms with Crippen molar-refractivity contribution in [3.05, 3.63) is 53.1 Å². The molecule has 0 amide bonds. The van der Waals surface area contributed by atoms with Crippen molar-refractivity contribution in [2.24, 2.45) is 0 Å². The molecule has 3 aromatic carbocycles. The Morgan fingerprint density at radius 3 is 1.06 bits per heavy atom. The van der Waals surface area contributed by atoms with Crippen LogP contribution in [0.5, 0.6) is 51.7 Å². The van der Waals surface area contributed by atoms with Gasteiger partial charge in [-0.1, -0.05) is 0 Å². The van der Waals surface area contributed by atoms with Crippen LogP contribution in [0.15, 0.2) is 36.4 Å². The molecule has 0 aromatic heterocycles. The molecule has 286 valence electrons. The van der Waals surface area contributed by atoms with E-state index in [-0.39, 0.29) is 75.0 Å². The average Bonchev–Trinajstić information content (AvgIpc) is 3.64. The van der Waals surface area contributed by atoms with Crippen LogP contribution in [0.25, 0.3) is 0 Å². The molecule has 0 unspecified atom stereocenters. The Labute approximate surface area is 304 Å². The minimum atomic E-state index is -1.48. The van der Waals surface area contributed by atoms with E-state index in [0.29, 0.717) is 0 Å². The van der Waals surface area contributed by atoms with Crippen LogP contribution in [0, 0.1) is 0 Å². The number of hydrogen-bond acceptors (Lipinski definition) is 17. The van der Waals surface area contributed by atoms with E-state index >= 15 is 0 Å². The monoisotopic (exact) mass is 744 g/mol. The van der Waals surface area contributed by atoms with Crippen LogP contribution in [0.2, 0.25) is 0 Å². The third kappa shape index (κ3) is 7.57. The maximum atomic E-state index is 13.9. The number of ether oxygens (including phenoxy) is 14. The first-order valence-corrected chi connectivity index (χ1v) is 15.9. The Kier molecular flexibility index (Phi) is 12.1. The lowest BCUT2D eigenvalue weighted by Gasteiger charge is -2.39. The molecule has 2 heterocycles. The second-order valence-corrected chi connectivity index (χ2v) is 11.2. The van der Waals surface area contributed by atoms with Crippen LogP contribution in [-0.2, 0) is 23.7 Å². The van der Waals surface area contributed by atoms with E-state index in [2.05, 4.69) is 0 Å². The summed E-state index contributed by atoms with van der Waals surface area (Å²) in [4.78, 5) is 41.5. The molecule has 0 radical (unpaired) electrons. The van der Waals surface area contributed by atoms with Gasteiger partial charge < -0.3 is 66.3 Å². The number of benzene rings is 3. The number of carbonyl (C=O) groups is 3. The van der Waals surface area contributed by atoms with Crippen LogP contribution >= 0.6 is 0 Å². The Hall–Kier alpha value is -5.81. The van der Waals surface area contributed by atoms with E-state index in [4.69, 9.17) is 66.3 Å². The van der Waals surface area contributed by atoms with Gasteiger partial charge in [0.25, 0.3) is 0 Å². The minimum Gasteiger partial charge on any atom is -0.493 e. The molecule has 0 N–H and O–H groups in total. The Morgan fingerprint density at radius 2 is 0.755 bits per heavy atom. The quantitative estimate of drug-likeness (QED) is 0.163. The summed E-state index contributed by atoms with van der Waals surface area (Å²) >= 11 is 0. The van der Waals surface area contributed by atoms with E-state index in [1.165, 1.54) is 100 Å². The third-order valence-corrected chi connectivity index (χ3v) is 8.45. The van der Waals surface area contributed by atoms with Gasteiger partial charge in [0.15, 0.2) is 59.1 Å². The zero-order valence-electron chi connectivity index (χ0n) is 30.5. The summed E-state index contributed by atoms with van der Waals surface area (Å²) in [6.07, 6.45) is -6.49. The first-order chi connectivity index (χ1) is 25.6.